The summed E-state index contributed by atoms with van der Waals surface area (Å²) < 4.78 is 6.12. The van der Waals surface area contributed by atoms with Gasteiger partial charge >= 0.3 is 0 Å². The van der Waals surface area contributed by atoms with Crippen molar-refractivity contribution in [3.8, 4) is 5.75 Å². The Morgan fingerprint density at radius 2 is 1.61 bits per heavy atom. The summed E-state index contributed by atoms with van der Waals surface area (Å²) in [7, 11) is 0. The first-order valence-corrected chi connectivity index (χ1v) is 19.9. The molecule has 1 fully saturated rings. The topological polar surface area (TPSA) is 103 Å². The van der Waals surface area contributed by atoms with Gasteiger partial charge in [-0.3, -0.25) is 19.3 Å². The van der Waals surface area contributed by atoms with Crippen LogP contribution in [0.4, 0.5) is 11.4 Å². The Hall–Kier alpha value is -3.63. The highest BCUT2D eigenvalue weighted by Gasteiger charge is 2.45. The standard InChI is InChI=1S/C42H52Cl3N5O4/c1-9-26-23-49(18-17-25(26)4)37-38(48-50(40(37)53)36-32(44)21-29(43)22-33(36)45)47-39(52)27-13-12-14-30(19-27)46-35(51)24-54-34-16-15-28(41(5,6)10-2)20-31(34)42(7,8)11-3/h12-16,19-22,25-26,37H,9-11,17-18,23-24H2,1-8H3,(H,46,51)(H,47,48,52). The molecule has 5 rings (SSSR count). The molecule has 0 radical (unpaired) electrons. The predicted molar refractivity (Wildman–Crippen MR) is 220 cm³/mol. The number of nitrogens with one attached hydrogen (secondary N) is 2. The van der Waals surface area contributed by atoms with Gasteiger partial charge in [-0.1, -0.05) is 115 Å². The first-order chi connectivity index (χ1) is 25.5. The third kappa shape index (κ3) is 9.07. The van der Waals surface area contributed by atoms with Crippen LogP contribution in [-0.2, 0) is 20.4 Å². The number of hydrazone groups is 1. The molecule has 3 aromatic rings. The molecular formula is C42H52Cl3N5O4. The number of benzene rings is 3. The summed E-state index contributed by atoms with van der Waals surface area (Å²) in [6.45, 7) is 18.6. The van der Waals surface area contributed by atoms with Gasteiger partial charge in [0.15, 0.2) is 18.5 Å². The van der Waals surface area contributed by atoms with Crippen LogP contribution in [0.1, 0.15) is 103 Å². The number of carbonyl (C=O) groups excluding carboxylic acids is 3. The summed E-state index contributed by atoms with van der Waals surface area (Å²) in [6, 6.07) is 15.0. The molecule has 290 valence electrons. The highest BCUT2D eigenvalue weighted by molar-refractivity contribution is 6.43. The van der Waals surface area contributed by atoms with E-state index in [1.54, 1.807) is 24.3 Å². The number of nitrogens with zero attached hydrogens (tertiary/aromatic N) is 3. The number of amidine groups is 1. The number of halogens is 3. The van der Waals surface area contributed by atoms with Crippen molar-refractivity contribution in [2.45, 2.75) is 97.9 Å². The third-order valence-corrected chi connectivity index (χ3v) is 12.2. The second-order valence-corrected chi connectivity index (χ2v) is 17.0. The zero-order chi connectivity index (χ0) is 39.5. The van der Waals surface area contributed by atoms with Gasteiger partial charge in [0, 0.05) is 28.4 Å². The number of likely N-dealkylation sites (tertiary alicyclic amines) is 1. The maximum absolute atomic E-state index is 14.1. The second kappa shape index (κ2) is 17.0. The van der Waals surface area contributed by atoms with E-state index in [9.17, 15) is 14.4 Å². The van der Waals surface area contributed by atoms with Crippen LogP contribution in [0.5, 0.6) is 5.75 Å². The largest absolute Gasteiger partial charge is 0.483 e. The summed E-state index contributed by atoms with van der Waals surface area (Å²) in [6.07, 6.45) is 3.76. The first kappa shape index (κ1) is 41.5. The van der Waals surface area contributed by atoms with E-state index in [1.165, 1.54) is 17.7 Å². The molecule has 2 heterocycles. The number of carbonyl (C=O) groups is 3. The van der Waals surface area contributed by atoms with Gasteiger partial charge in [-0.2, -0.15) is 5.01 Å². The molecule has 3 unspecified atom stereocenters. The molecule has 2 aliphatic rings. The molecule has 12 heteroatoms. The number of ether oxygens (including phenoxy) is 1. The molecule has 2 aliphatic heterocycles. The fourth-order valence-electron chi connectivity index (χ4n) is 6.97. The van der Waals surface area contributed by atoms with E-state index in [-0.39, 0.29) is 56.4 Å². The molecule has 0 aromatic heterocycles. The maximum atomic E-state index is 14.1. The van der Waals surface area contributed by atoms with Crippen LogP contribution in [0.25, 0.3) is 0 Å². The average Bonchev–Trinajstić information content (AvgIpc) is 3.44. The van der Waals surface area contributed by atoms with Crippen molar-refractivity contribution in [2.24, 2.45) is 16.9 Å². The van der Waals surface area contributed by atoms with Gasteiger partial charge in [0.1, 0.15) is 11.4 Å². The number of hydrogen-bond acceptors (Lipinski definition) is 6. The van der Waals surface area contributed by atoms with Crippen LogP contribution in [0.15, 0.2) is 59.7 Å². The highest BCUT2D eigenvalue weighted by Crippen LogP contribution is 2.40. The molecule has 2 N–H and O–H groups in total. The second-order valence-electron chi connectivity index (χ2n) is 15.7. The van der Waals surface area contributed by atoms with Crippen molar-refractivity contribution >= 4 is 69.7 Å². The lowest BCUT2D eigenvalue weighted by molar-refractivity contribution is -0.121. The van der Waals surface area contributed by atoms with Crippen molar-refractivity contribution in [1.82, 2.24) is 10.2 Å². The Labute approximate surface area is 334 Å². The van der Waals surface area contributed by atoms with Crippen LogP contribution in [-0.4, -0.2) is 54.2 Å². The fourth-order valence-corrected chi connectivity index (χ4v) is 7.95. The summed E-state index contributed by atoms with van der Waals surface area (Å²) in [4.78, 5) is 43.2. The molecule has 1 saturated heterocycles. The van der Waals surface area contributed by atoms with Gasteiger partial charge in [0.2, 0.25) is 0 Å². The summed E-state index contributed by atoms with van der Waals surface area (Å²) in [5.74, 6) is 0.477. The Morgan fingerprint density at radius 3 is 2.26 bits per heavy atom. The van der Waals surface area contributed by atoms with Gasteiger partial charge in [-0.15, -0.1) is 5.10 Å². The Bertz CT molecular complexity index is 1910. The quantitative estimate of drug-likeness (QED) is 0.190. The van der Waals surface area contributed by atoms with Gasteiger partial charge in [0.05, 0.1) is 10.0 Å². The molecule has 3 atom stereocenters. The minimum absolute atomic E-state index is 0.00842. The van der Waals surface area contributed by atoms with Crippen LogP contribution in [0, 0.1) is 11.8 Å². The third-order valence-electron chi connectivity index (χ3n) is 11.4. The molecule has 3 aromatic carbocycles. The normalized spacial score (nSPS) is 19.5. The van der Waals surface area contributed by atoms with E-state index in [1.807, 2.05) is 6.07 Å². The lowest BCUT2D eigenvalue weighted by Gasteiger charge is -2.39. The van der Waals surface area contributed by atoms with Crippen molar-refractivity contribution in [2.75, 3.05) is 30.0 Å². The summed E-state index contributed by atoms with van der Waals surface area (Å²) >= 11 is 19.2. The Balaban J connectivity index is 1.34. The first-order valence-electron chi connectivity index (χ1n) is 18.8. The van der Waals surface area contributed by atoms with Crippen LogP contribution >= 0.6 is 34.8 Å². The molecule has 0 saturated carbocycles. The van der Waals surface area contributed by atoms with E-state index in [4.69, 9.17) is 39.5 Å². The molecular weight excluding hydrogens is 745 g/mol. The lowest BCUT2D eigenvalue weighted by atomic mass is 9.76. The number of anilines is 2. The van der Waals surface area contributed by atoms with Crippen molar-refractivity contribution in [3.05, 3.63) is 86.4 Å². The van der Waals surface area contributed by atoms with E-state index in [2.05, 4.69) is 88.2 Å². The van der Waals surface area contributed by atoms with Crippen LogP contribution in [0.2, 0.25) is 15.1 Å². The van der Waals surface area contributed by atoms with Gasteiger partial charge in [-0.25, -0.2) is 0 Å². The van der Waals surface area contributed by atoms with E-state index in [0.717, 1.165) is 36.3 Å². The lowest BCUT2D eigenvalue weighted by Crippen LogP contribution is -2.55. The predicted octanol–water partition coefficient (Wildman–Crippen LogP) is 9.87. The minimum atomic E-state index is -0.858. The number of amides is 3. The molecule has 54 heavy (non-hydrogen) atoms. The van der Waals surface area contributed by atoms with Crippen LogP contribution < -0.4 is 20.4 Å². The Kier molecular flexibility index (Phi) is 13.1. The molecule has 0 aliphatic carbocycles. The Morgan fingerprint density at radius 1 is 0.926 bits per heavy atom. The summed E-state index contributed by atoms with van der Waals surface area (Å²) in [5, 5.41) is 12.1. The van der Waals surface area contributed by atoms with Gasteiger partial charge < -0.3 is 15.4 Å². The van der Waals surface area contributed by atoms with E-state index < -0.39 is 11.9 Å². The SMILES string of the molecule is CCC1CN(C2C(=O)N(c3c(Cl)cc(Cl)cc3Cl)N=C2NC(=O)c2cccc(NC(=O)COc3ccc(C(C)(C)CC)cc3C(C)(C)CC)c2)CCC1C. The van der Waals surface area contributed by atoms with Crippen molar-refractivity contribution < 1.29 is 19.1 Å². The van der Waals surface area contributed by atoms with Crippen molar-refractivity contribution in [1.29, 1.82) is 0 Å². The highest BCUT2D eigenvalue weighted by atomic mass is 35.5. The van der Waals surface area contributed by atoms with E-state index >= 15 is 0 Å². The van der Waals surface area contributed by atoms with Gasteiger partial charge in [-0.05, 0) is 90.4 Å². The van der Waals surface area contributed by atoms with Gasteiger partial charge in [0.25, 0.3) is 17.7 Å². The number of hydrogen-bond donors (Lipinski definition) is 2. The average molecular weight is 797 g/mol. The molecule has 3 amide bonds. The fraction of sp³-hybridized carbons (Fsp3) is 0.476. The molecule has 0 spiro atoms. The zero-order valence-corrected chi connectivity index (χ0v) is 34.8. The van der Waals surface area contributed by atoms with E-state index in [0.29, 0.717) is 41.4 Å². The maximum Gasteiger partial charge on any atom is 0.272 e. The number of piperidine rings is 1. The minimum Gasteiger partial charge on any atom is -0.483 e. The monoisotopic (exact) mass is 795 g/mol. The van der Waals surface area contributed by atoms with Crippen molar-refractivity contribution in [3.63, 3.8) is 0 Å². The smallest absolute Gasteiger partial charge is 0.272 e. The summed E-state index contributed by atoms with van der Waals surface area (Å²) in [5.41, 5.74) is 3.02. The molecule has 9 nitrogen and oxygen atoms in total. The number of rotatable bonds is 12. The zero-order valence-electron chi connectivity index (χ0n) is 32.5. The molecule has 0 bridgehead atoms. The van der Waals surface area contributed by atoms with Crippen LogP contribution in [0.3, 0.4) is 0 Å².